The van der Waals surface area contributed by atoms with Crippen LogP contribution in [0.25, 0.3) is 0 Å². The molecule has 0 spiro atoms. The van der Waals surface area contributed by atoms with Crippen molar-refractivity contribution in [2.24, 2.45) is 11.3 Å². The van der Waals surface area contributed by atoms with Gasteiger partial charge in [0.15, 0.2) is 0 Å². The van der Waals surface area contributed by atoms with E-state index in [1.807, 2.05) is 0 Å². The van der Waals surface area contributed by atoms with Crippen molar-refractivity contribution in [1.82, 2.24) is 10.2 Å². The SMILES string of the molecule is CC(C)(C)C1CCCCC1Nc1nncs1. The van der Waals surface area contributed by atoms with Gasteiger partial charge < -0.3 is 5.32 Å². The van der Waals surface area contributed by atoms with E-state index in [4.69, 9.17) is 0 Å². The Balaban J connectivity index is 2.05. The Morgan fingerprint density at radius 2 is 2.06 bits per heavy atom. The van der Waals surface area contributed by atoms with Crippen LogP contribution >= 0.6 is 11.3 Å². The number of hydrogen-bond donors (Lipinski definition) is 1. The van der Waals surface area contributed by atoms with Crippen LogP contribution in [0.4, 0.5) is 5.13 Å². The molecular weight excluding hydrogens is 218 g/mol. The molecule has 0 bridgehead atoms. The van der Waals surface area contributed by atoms with Gasteiger partial charge in [-0.3, -0.25) is 0 Å². The van der Waals surface area contributed by atoms with E-state index < -0.39 is 0 Å². The molecule has 1 aromatic rings. The van der Waals surface area contributed by atoms with Crippen molar-refractivity contribution in [2.45, 2.75) is 52.5 Å². The van der Waals surface area contributed by atoms with E-state index in [9.17, 15) is 0 Å². The minimum absolute atomic E-state index is 0.378. The average Bonchev–Trinajstić information content (AvgIpc) is 2.70. The maximum Gasteiger partial charge on any atom is 0.205 e. The summed E-state index contributed by atoms with van der Waals surface area (Å²) < 4.78 is 0. The van der Waals surface area contributed by atoms with Gasteiger partial charge in [-0.25, -0.2) is 0 Å². The molecule has 1 heterocycles. The largest absolute Gasteiger partial charge is 0.357 e. The van der Waals surface area contributed by atoms with Gasteiger partial charge in [-0.2, -0.15) is 0 Å². The lowest BCUT2D eigenvalue weighted by atomic mass is 9.69. The van der Waals surface area contributed by atoms with Crippen molar-refractivity contribution in [3.63, 3.8) is 0 Å². The number of aromatic nitrogens is 2. The summed E-state index contributed by atoms with van der Waals surface area (Å²) in [6.07, 6.45) is 5.31. The molecule has 2 atom stereocenters. The molecule has 0 aromatic carbocycles. The second-order valence-corrected chi connectivity index (χ2v) is 6.58. The quantitative estimate of drug-likeness (QED) is 0.857. The lowest BCUT2D eigenvalue weighted by Crippen LogP contribution is -2.39. The Morgan fingerprint density at radius 1 is 1.31 bits per heavy atom. The minimum atomic E-state index is 0.378. The first-order chi connectivity index (χ1) is 7.57. The molecule has 1 aliphatic carbocycles. The highest BCUT2D eigenvalue weighted by Gasteiger charge is 2.34. The zero-order chi connectivity index (χ0) is 11.6. The monoisotopic (exact) mass is 239 g/mol. The maximum atomic E-state index is 4.08. The van der Waals surface area contributed by atoms with Gasteiger partial charge in [-0.1, -0.05) is 44.9 Å². The van der Waals surface area contributed by atoms with Crippen LogP contribution in [0.3, 0.4) is 0 Å². The van der Waals surface area contributed by atoms with Crippen LogP contribution < -0.4 is 5.32 Å². The fourth-order valence-corrected chi connectivity index (χ4v) is 3.24. The summed E-state index contributed by atoms with van der Waals surface area (Å²) >= 11 is 1.60. The van der Waals surface area contributed by atoms with E-state index in [2.05, 4.69) is 36.3 Å². The van der Waals surface area contributed by atoms with E-state index in [0.717, 1.165) is 11.0 Å². The smallest absolute Gasteiger partial charge is 0.205 e. The van der Waals surface area contributed by atoms with E-state index >= 15 is 0 Å². The molecule has 1 fully saturated rings. The first-order valence-electron chi connectivity index (χ1n) is 6.10. The van der Waals surface area contributed by atoms with Crippen LogP contribution in [0.2, 0.25) is 0 Å². The molecule has 2 rings (SSSR count). The molecule has 90 valence electrons. The molecular formula is C12H21N3S. The van der Waals surface area contributed by atoms with Gasteiger partial charge in [0, 0.05) is 6.04 Å². The lowest BCUT2D eigenvalue weighted by Gasteiger charge is -2.40. The third-order valence-corrected chi connectivity index (χ3v) is 4.17. The van der Waals surface area contributed by atoms with Gasteiger partial charge in [0.1, 0.15) is 5.51 Å². The lowest BCUT2D eigenvalue weighted by molar-refractivity contribution is 0.163. The van der Waals surface area contributed by atoms with Crippen LogP contribution in [-0.4, -0.2) is 16.2 Å². The van der Waals surface area contributed by atoms with Crippen LogP contribution in [0.5, 0.6) is 0 Å². The Labute approximate surface area is 102 Å². The molecule has 1 aromatic heterocycles. The normalized spacial score (nSPS) is 26.7. The van der Waals surface area contributed by atoms with E-state index in [1.165, 1.54) is 25.7 Å². The van der Waals surface area contributed by atoms with Crippen molar-refractivity contribution in [3.8, 4) is 0 Å². The summed E-state index contributed by atoms with van der Waals surface area (Å²) in [4.78, 5) is 0. The summed E-state index contributed by atoms with van der Waals surface area (Å²) in [5.74, 6) is 0.741. The summed E-state index contributed by atoms with van der Waals surface area (Å²) in [5.41, 5.74) is 2.17. The summed E-state index contributed by atoms with van der Waals surface area (Å²) in [6.45, 7) is 7.04. The van der Waals surface area contributed by atoms with Gasteiger partial charge in [0.25, 0.3) is 0 Å². The molecule has 4 heteroatoms. The van der Waals surface area contributed by atoms with Crippen molar-refractivity contribution < 1.29 is 0 Å². The van der Waals surface area contributed by atoms with E-state index in [-0.39, 0.29) is 0 Å². The Kier molecular flexibility index (Phi) is 3.47. The van der Waals surface area contributed by atoms with E-state index in [0.29, 0.717) is 11.5 Å². The molecule has 1 N–H and O–H groups in total. The van der Waals surface area contributed by atoms with Gasteiger partial charge >= 0.3 is 0 Å². The fourth-order valence-electron chi connectivity index (χ4n) is 2.73. The maximum absolute atomic E-state index is 4.08. The zero-order valence-electron chi connectivity index (χ0n) is 10.4. The predicted molar refractivity (Wildman–Crippen MR) is 68.7 cm³/mol. The van der Waals surface area contributed by atoms with Gasteiger partial charge in [-0.15, -0.1) is 10.2 Å². The first-order valence-corrected chi connectivity index (χ1v) is 6.98. The summed E-state index contributed by atoms with van der Waals surface area (Å²) in [5, 5.41) is 12.5. The highest BCUT2D eigenvalue weighted by Crippen LogP contribution is 2.39. The highest BCUT2D eigenvalue weighted by atomic mass is 32.1. The van der Waals surface area contributed by atoms with E-state index in [1.54, 1.807) is 16.8 Å². The van der Waals surface area contributed by atoms with Crippen LogP contribution in [0.1, 0.15) is 46.5 Å². The highest BCUT2D eigenvalue weighted by molar-refractivity contribution is 7.13. The van der Waals surface area contributed by atoms with Crippen LogP contribution in [-0.2, 0) is 0 Å². The minimum Gasteiger partial charge on any atom is -0.357 e. The molecule has 1 saturated carbocycles. The Hall–Kier alpha value is -0.640. The molecule has 0 radical (unpaired) electrons. The fraction of sp³-hybridized carbons (Fsp3) is 0.833. The summed E-state index contributed by atoms with van der Waals surface area (Å²) in [7, 11) is 0. The van der Waals surface area contributed by atoms with Gasteiger partial charge in [0.2, 0.25) is 5.13 Å². The second-order valence-electron chi connectivity index (χ2n) is 5.75. The Morgan fingerprint density at radius 3 is 2.69 bits per heavy atom. The average molecular weight is 239 g/mol. The number of rotatable bonds is 2. The molecule has 0 saturated heterocycles. The topological polar surface area (TPSA) is 37.8 Å². The van der Waals surface area contributed by atoms with Crippen molar-refractivity contribution >= 4 is 16.5 Å². The molecule has 16 heavy (non-hydrogen) atoms. The van der Waals surface area contributed by atoms with Crippen molar-refractivity contribution in [2.75, 3.05) is 5.32 Å². The second kappa shape index (κ2) is 4.70. The summed E-state index contributed by atoms with van der Waals surface area (Å²) in [6, 6.07) is 0.571. The van der Waals surface area contributed by atoms with Gasteiger partial charge in [-0.05, 0) is 24.2 Å². The van der Waals surface area contributed by atoms with Crippen LogP contribution in [0, 0.1) is 11.3 Å². The van der Waals surface area contributed by atoms with Gasteiger partial charge in [0.05, 0.1) is 0 Å². The Bertz CT molecular complexity index is 316. The predicted octanol–water partition coefficient (Wildman–Crippen LogP) is 3.55. The third kappa shape index (κ3) is 2.73. The van der Waals surface area contributed by atoms with Crippen molar-refractivity contribution in [3.05, 3.63) is 5.51 Å². The molecule has 0 amide bonds. The number of hydrogen-bond acceptors (Lipinski definition) is 4. The molecule has 3 nitrogen and oxygen atoms in total. The standard InChI is InChI=1S/C12H21N3S/c1-12(2,3)9-6-4-5-7-10(9)14-11-15-13-8-16-11/h8-10H,4-7H2,1-3H3,(H,14,15). The molecule has 1 aliphatic rings. The zero-order valence-corrected chi connectivity index (χ0v) is 11.2. The van der Waals surface area contributed by atoms with Crippen molar-refractivity contribution in [1.29, 1.82) is 0 Å². The van der Waals surface area contributed by atoms with Crippen LogP contribution in [0.15, 0.2) is 5.51 Å². The molecule has 2 unspecified atom stereocenters. The number of nitrogens with zero attached hydrogens (tertiary/aromatic N) is 2. The third-order valence-electron chi connectivity index (χ3n) is 3.55. The number of nitrogens with one attached hydrogen (secondary N) is 1. The number of anilines is 1. The first kappa shape index (κ1) is 11.8. The molecule has 0 aliphatic heterocycles.